The largest absolute Gasteiger partial charge is 0.339 e. The van der Waals surface area contributed by atoms with Crippen molar-refractivity contribution in [1.82, 2.24) is 4.90 Å². The first-order valence-corrected chi connectivity index (χ1v) is 7.05. The van der Waals surface area contributed by atoms with Gasteiger partial charge in [0.25, 0.3) is 0 Å². The van der Waals surface area contributed by atoms with Gasteiger partial charge in [-0.15, -0.1) is 0 Å². The lowest BCUT2D eigenvalue weighted by Crippen LogP contribution is -2.34. The van der Waals surface area contributed by atoms with Gasteiger partial charge in [0.2, 0.25) is 5.91 Å². The minimum Gasteiger partial charge on any atom is -0.339 e. The molecule has 0 fully saturated rings. The molecule has 1 amide bonds. The highest BCUT2D eigenvalue weighted by molar-refractivity contribution is 6.35. The lowest BCUT2D eigenvalue weighted by molar-refractivity contribution is -0.135. The number of nitrogens with two attached hydrogens (primary N) is 1. The van der Waals surface area contributed by atoms with Crippen molar-refractivity contribution in [3.63, 3.8) is 0 Å². The zero-order valence-electron chi connectivity index (χ0n) is 11.5. The predicted molar refractivity (Wildman–Crippen MR) is 80.5 cm³/mol. The molecule has 0 radical (unpaired) electrons. The van der Waals surface area contributed by atoms with E-state index in [2.05, 4.69) is 0 Å². The number of nitrogens with zero attached hydrogens (tertiary/aromatic N) is 1. The van der Waals surface area contributed by atoms with E-state index < -0.39 is 0 Å². The Balaban J connectivity index is 2.87. The standard InChI is InChI=1S/C14H20Cl2N2O/c1-9(6-7-17)14(19)18(3)10(2)12-5-4-11(15)8-13(12)16/h4-5,8-10H,6-7,17H2,1-3H3. The molecule has 0 aliphatic carbocycles. The van der Waals surface area contributed by atoms with Gasteiger partial charge < -0.3 is 10.6 Å². The van der Waals surface area contributed by atoms with Gasteiger partial charge in [-0.3, -0.25) is 4.79 Å². The molecule has 1 rings (SSSR count). The molecule has 5 heteroatoms. The number of hydrogen-bond donors (Lipinski definition) is 1. The third-order valence-electron chi connectivity index (χ3n) is 3.36. The van der Waals surface area contributed by atoms with Crippen LogP contribution in [0.3, 0.4) is 0 Å². The first-order valence-electron chi connectivity index (χ1n) is 6.30. The fourth-order valence-corrected chi connectivity index (χ4v) is 2.53. The van der Waals surface area contributed by atoms with Gasteiger partial charge in [0.05, 0.1) is 6.04 Å². The minimum atomic E-state index is -0.0995. The van der Waals surface area contributed by atoms with E-state index in [1.54, 1.807) is 24.1 Å². The molecule has 0 aliphatic heterocycles. The lowest BCUT2D eigenvalue weighted by Gasteiger charge is -2.28. The van der Waals surface area contributed by atoms with Crippen LogP contribution >= 0.6 is 23.2 Å². The second-order valence-electron chi connectivity index (χ2n) is 4.77. The number of halogens is 2. The van der Waals surface area contributed by atoms with E-state index in [1.807, 2.05) is 19.9 Å². The highest BCUT2D eigenvalue weighted by Crippen LogP contribution is 2.29. The summed E-state index contributed by atoms with van der Waals surface area (Å²) in [6, 6.07) is 5.22. The molecule has 2 N–H and O–H groups in total. The third kappa shape index (κ3) is 4.10. The maximum absolute atomic E-state index is 12.2. The summed E-state index contributed by atoms with van der Waals surface area (Å²) in [6.07, 6.45) is 0.685. The van der Waals surface area contributed by atoms with Crippen LogP contribution in [0.15, 0.2) is 18.2 Å². The minimum absolute atomic E-state index is 0.0731. The van der Waals surface area contributed by atoms with Crippen molar-refractivity contribution in [3.05, 3.63) is 33.8 Å². The Kier molecular flexibility index (Phi) is 6.11. The third-order valence-corrected chi connectivity index (χ3v) is 3.92. The Morgan fingerprint density at radius 2 is 2.00 bits per heavy atom. The summed E-state index contributed by atoms with van der Waals surface area (Å²) in [4.78, 5) is 13.9. The number of rotatable bonds is 5. The average Bonchev–Trinajstić information content (AvgIpc) is 2.36. The average molecular weight is 303 g/mol. The Labute approximate surface area is 124 Å². The van der Waals surface area contributed by atoms with Crippen LogP contribution in [0.25, 0.3) is 0 Å². The first-order chi connectivity index (χ1) is 8.88. The van der Waals surface area contributed by atoms with Gasteiger partial charge in [-0.05, 0) is 37.6 Å². The zero-order valence-corrected chi connectivity index (χ0v) is 13.0. The summed E-state index contributed by atoms with van der Waals surface area (Å²) in [7, 11) is 1.78. The van der Waals surface area contributed by atoms with E-state index in [-0.39, 0.29) is 17.9 Å². The molecule has 1 aromatic rings. The van der Waals surface area contributed by atoms with E-state index in [0.717, 1.165) is 5.56 Å². The van der Waals surface area contributed by atoms with Crippen molar-refractivity contribution in [2.24, 2.45) is 11.7 Å². The van der Waals surface area contributed by atoms with Crippen molar-refractivity contribution in [3.8, 4) is 0 Å². The Morgan fingerprint density at radius 3 is 2.53 bits per heavy atom. The molecule has 106 valence electrons. The zero-order chi connectivity index (χ0) is 14.6. The molecule has 2 unspecified atom stereocenters. The van der Waals surface area contributed by atoms with Crippen molar-refractivity contribution in [2.75, 3.05) is 13.6 Å². The van der Waals surface area contributed by atoms with Gasteiger partial charge >= 0.3 is 0 Å². The maximum Gasteiger partial charge on any atom is 0.225 e. The Bertz CT molecular complexity index is 451. The SMILES string of the molecule is CC(CCN)C(=O)N(C)C(C)c1ccc(Cl)cc1Cl. The fourth-order valence-electron chi connectivity index (χ4n) is 1.96. The second-order valence-corrected chi connectivity index (χ2v) is 5.61. The van der Waals surface area contributed by atoms with E-state index in [1.165, 1.54) is 0 Å². The van der Waals surface area contributed by atoms with Crippen LogP contribution < -0.4 is 5.73 Å². The molecule has 1 aromatic carbocycles. The van der Waals surface area contributed by atoms with Crippen LogP contribution in [0.4, 0.5) is 0 Å². The highest BCUT2D eigenvalue weighted by Gasteiger charge is 2.23. The van der Waals surface area contributed by atoms with Crippen molar-refractivity contribution < 1.29 is 4.79 Å². The number of carbonyl (C=O) groups is 1. The normalized spacial score (nSPS) is 14.0. The number of amides is 1. The molecule has 0 spiro atoms. The molecule has 0 saturated heterocycles. The molecule has 0 heterocycles. The molecule has 2 atom stereocenters. The Morgan fingerprint density at radius 1 is 1.37 bits per heavy atom. The van der Waals surface area contributed by atoms with Crippen LogP contribution in [0, 0.1) is 5.92 Å². The second kappa shape index (κ2) is 7.13. The summed E-state index contributed by atoms with van der Waals surface area (Å²) in [5, 5.41) is 1.16. The molecule has 0 aliphatic rings. The molecule has 0 bridgehead atoms. The van der Waals surface area contributed by atoms with Crippen molar-refractivity contribution >= 4 is 29.1 Å². The lowest BCUT2D eigenvalue weighted by atomic mass is 10.0. The van der Waals surface area contributed by atoms with Crippen molar-refractivity contribution in [2.45, 2.75) is 26.3 Å². The highest BCUT2D eigenvalue weighted by atomic mass is 35.5. The van der Waals surface area contributed by atoms with Crippen molar-refractivity contribution in [1.29, 1.82) is 0 Å². The van der Waals surface area contributed by atoms with E-state index in [4.69, 9.17) is 28.9 Å². The first kappa shape index (κ1) is 16.3. The van der Waals surface area contributed by atoms with E-state index in [9.17, 15) is 4.79 Å². The van der Waals surface area contributed by atoms with Gasteiger partial charge in [0.1, 0.15) is 0 Å². The number of hydrogen-bond acceptors (Lipinski definition) is 2. The summed E-state index contributed by atoms with van der Waals surface area (Å²) < 4.78 is 0. The van der Waals surface area contributed by atoms with E-state index in [0.29, 0.717) is 23.0 Å². The molecule has 3 nitrogen and oxygen atoms in total. The summed E-state index contributed by atoms with van der Waals surface area (Å²) in [5.41, 5.74) is 6.38. The van der Waals surface area contributed by atoms with Crippen LogP contribution in [0.1, 0.15) is 31.9 Å². The maximum atomic E-state index is 12.2. The van der Waals surface area contributed by atoms with Crippen LogP contribution in [0.2, 0.25) is 10.0 Å². The molecule has 0 aromatic heterocycles. The summed E-state index contributed by atoms with van der Waals surface area (Å²) >= 11 is 12.0. The van der Waals surface area contributed by atoms with E-state index >= 15 is 0 Å². The van der Waals surface area contributed by atoms with Crippen LogP contribution in [0.5, 0.6) is 0 Å². The van der Waals surface area contributed by atoms with Crippen LogP contribution in [-0.2, 0) is 4.79 Å². The van der Waals surface area contributed by atoms with Gasteiger partial charge in [-0.2, -0.15) is 0 Å². The molecule has 19 heavy (non-hydrogen) atoms. The molecular weight excluding hydrogens is 283 g/mol. The Hall–Kier alpha value is -0.770. The monoisotopic (exact) mass is 302 g/mol. The number of benzene rings is 1. The smallest absolute Gasteiger partial charge is 0.225 e. The molecular formula is C14H20Cl2N2O. The fraction of sp³-hybridized carbons (Fsp3) is 0.500. The molecule has 0 saturated carbocycles. The topological polar surface area (TPSA) is 46.3 Å². The van der Waals surface area contributed by atoms with Gasteiger partial charge in [-0.1, -0.05) is 36.2 Å². The van der Waals surface area contributed by atoms with Gasteiger partial charge in [0.15, 0.2) is 0 Å². The van der Waals surface area contributed by atoms with Gasteiger partial charge in [-0.25, -0.2) is 0 Å². The summed E-state index contributed by atoms with van der Waals surface area (Å²) in [6.45, 7) is 4.35. The summed E-state index contributed by atoms with van der Waals surface area (Å²) in [5.74, 6) is -0.00695. The quantitative estimate of drug-likeness (QED) is 0.905. The predicted octanol–water partition coefficient (Wildman–Crippen LogP) is 3.50. The number of carbonyl (C=O) groups excluding carboxylic acids is 1. The van der Waals surface area contributed by atoms with Gasteiger partial charge in [0, 0.05) is 23.0 Å². The van der Waals surface area contributed by atoms with Crippen LogP contribution in [-0.4, -0.2) is 24.4 Å².